The highest BCUT2D eigenvalue weighted by molar-refractivity contribution is 6.04. The fourth-order valence-corrected chi connectivity index (χ4v) is 3.35. The molecule has 1 atom stereocenters. The maximum absolute atomic E-state index is 12.6. The second kappa shape index (κ2) is 7.36. The molecule has 2 aromatic carbocycles. The van der Waals surface area contributed by atoms with E-state index in [2.05, 4.69) is 15.0 Å². The minimum absolute atomic E-state index is 0.0134. The van der Waals surface area contributed by atoms with E-state index < -0.39 is 23.9 Å². The number of oxazole rings is 1. The Balaban J connectivity index is 1.45. The number of anilines is 2. The van der Waals surface area contributed by atoms with Gasteiger partial charge in [-0.2, -0.15) is 0 Å². The van der Waals surface area contributed by atoms with Crippen LogP contribution < -0.4 is 15.0 Å². The Morgan fingerprint density at radius 2 is 2.07 bits per heavy atom. The summed E-state index contributed by atoms with van der Waals surface area (Å²) in [6.45, 7) is 1.86. The molecule has 1 N–H and O–H groups in total. The summed E-state index contributed by atoms with van der Waals surface area (Å²) in [5.74, 6) is -1.29. The Kier molecular flexibility index (Phi) is 4.84. The van der Waals surface area contributed by atoms with E-state index in [0.717, 1.165) is 12.1 Å². The van der Waals surface area contributed by atoms with E-state index in [1.54, 1.807) is 25.1 Å². The van der Waals surface area contributed by atoms with Crippen molar-refractivity contribution in [3.8, 4) is 5.75 Å². The molecule has 30 heavy (non-hydrogen) atoms. The molecule has 2 amide bonds. The van der Waals surface area contributed by atoms with Crippen LogP contribution >= 0.6 is 0 Å². The van der Waals surface area contributed by atoms with Gasteiger partial charge in [-0.15, -0.1) is 13.2 Å². The summed E-state index contributed by atoms with van der Waals surface area (Å²) in [7, 11) is 0. The quantitative estimate of drug-likeness (QED) is 0.690. The predicted molar refractivity (Wildman–Crippen MR) is 101 cm³/mol. The first-order valence-corrected chi connectivity index (χ1v) is 9.02. The number of carbonyl (C=O) groups is 2. The number of nitrogens with zero attached hydrogens (tertiary/aromatic N) is 2. The summed E-state index contributed by atoms with van der Waals surface area (Å²) in [6, 6.07) is 10.1. The molecule has 1 fully saturated rings. The molecule has 1 aliphatic heterocycles. The smallest absolute Gasteiger partial charge is 0.441 e. The molecule has 0 radical (unpaired) electrons. The number of aryl methyl sites for hydroxylation is 1. The van der Waals surface area contributed by atoms with Crippen LogP contribution in [0.1, 0.15) is 12.3 Å². The second-order valence-electron chi connectivity index (χ2n) is 6.86. The Hall–Kier alpha value is -3.56. The standard InChI is InChI=1S/C20H16F3N3O4/c1-11-24-16-9-14(5-6-17(16)29-11)26-10-12(7-18(26)27)19(28)25-13-3-2-4-15(8-13)30-20(21,22)23/h2-6,8-9,12H,7,10H2,1H3,(H,25,28). The summed E-state index contributed by atoms with van der Waals surface area (Å²) in [4.78, 5) is 30.7. The molecule has 0 spiro atoms. The maximum atomic E-state index is 12.6. The SMILES string of the molecule is Cc1nc2cc(N3CC(C(=O)Nc4cccc(OC(F)(F)F)c4)CC3=O)ccc2o1. The number of alkyl halides is 3. The largest absolute Gasteiger partial charge is 0.573 e. The van der Waals surface area contributed by atoms with Crippen LogP contribution in [0.2, 0.25) is 0 Å². The van der Waals surface area contributed by atoms with Crippen molar-refractivity contribution in [1.29, 1.82) is 0 Å². The molecule has 0 saturated carbocycles. The zero-order chi connectivity index (χ0) is 21.5. The lowest BCUT2D eigenvalue weighted by Gasteiger charge is -2.17. The number of halogens is 3. The summed E-state index contributed by atoms with van der Waals surface area (Å²) >= 11 is 0. The number of ether oxygens (including phenoxy) is 1. The topological polar surface area (TPSA) is 84.7 Å². The molecule has 1 unspecified atom stereocenters. The number of nitrogens with one attached hydrogen (secondary N) is 1. The van der Waals surface area contributed by atoms with Gasteiger partial charge in [0.15, 0.2) is 11.5 Å². The lowest BCUT2D eigenvalue weighted by Crippen LogP contribution is -2.28. The molecule has 1 saturated heterocycles. The molecule has 0 aliphatic carbocycles. The van der Waals surface area contributed by atoms with Crippen LogP contribution in [0, 0.1) is 12.8 Å². The average Bonchev–Trinajstić information content (AvgIpc) is 3.21. The minimum atomic E-state index is -4.83. The van der Waals surface area contributed by atoms with Gasteiger partial charge in [-0.25, -0.2) is 4.98 Å². The monoisotopic (exact) mass is 419 g/mol. The Labute approximate surface area is 168 Å². The zero-order valence-corrected chi connectivity index (χ0v) is 15.7. The highest BCUT2D eigenvalue weighted by Crippen LogP contribution is 2.30. The highest BCUT2D eigenvalue weighted by atomic mass is 19.4. The van der Waals surface area contributed by atoms with Crippen molar-refractivity contribution in [3.63, 3.8) is 0 Å². The average molecular weight is 419 g/mol. The van der Waals surface area contributed by atoms with Gasteiger partial charge < -0.3 is 19.4 Å². The first-order valence-electron chi connectivity index (χ1n) is 9.02. The van der Waals surface area contributed by atoms with Gasteiger partial charge in [-0.05, 0) is 30.3 Å². The van der Waals surface area contributed by atoms with Gasteiger partial charge in [0.2, 0.25) is 11.8 Å². The molecule has 3 aromatic rings. The van der Waals surface area contributed by atoms with E-state index in [0.29, 0.717) is 22.7 Å². The number of aromatic nitrogens is 1. The molecule has 0 bridgehead atoms. The van der Waals surface area contributed by atoms with Gasteiger partial charge >= 0.3 is 6.36 Å². The molecule has 156 valence electrons. The molecule has 2 heterocycles. The zero-order valence-electron chi connectivity index (χ0n) is 15.7. The minimum Gasteiger partial charge on any atom is -0.441 e. The van der Waals surface area contributed by atoms with Crippen molar-refractivity contribution in [2.45, 2.75) is 19.7 Å². The van der Waals surface area contributed by atoms with E-state index in [4.69, 9.17) is 4.42 Å². The van der Waals surface area contributed by atoms with Gasteiger partial charge in [0, 0.05) is 37.3 Å². The van der Waals surface area contributed by atoms with Crippen LogP contribution in [-0.4, -0.2) is 29.7 Å². The van der Waals surface area contributed by atoms with Crippen LogP contribution in [0.4, 0.5) is 24.5 Å². The summed E-state index contributed by atoms with van der Waals surface area (Å²) in [5.41, 5.74) is 1.94. The number of benzene rings is 2. The summed E-state index contributed by atoms with van der Waals surface area (Å²) in [5, 5.41) is 2.54. The van der Waals surface area contributed by atoms with Gasteiger partial charge in [0.05, 0.1) is 5.92 Å². The van der Waals surface area contributed by atoms with Crippen molar-refractivity contribution in [1.82, 2.24) is 4.98 Å². The molecule has 4 rings (SSSR count). The van der Waals surface area contributed by atoms with Crippen LogP contribution in [0.3, 0.4) is 0 Å². The number of carbonyl (C=O) groups excluding carboxylic acids is 2. The van der Waals surface area contributed by atoms with E-state index >= 15 is 0 Å². The summed E-state index contributed by atoms with van der Waals surface area (Å²) in [6.07, 6.45) is -4.84. The van der Waals surface area contributed by atoms with Gasteiger partial charge in [0.1, 0.15) is 11.3 Å². The molecule has 1 aromatic heterocycles. The van der Waals surface area contributed by atoms with E-state index in [1.807, 2.05) is 0 Å². The lowest BCUT2D eigenvalue weighted by molar-refractivity contribution is -0.274. The molecular formula is C20H16F3N3O4. The molecular weight excluding hydrogens is 403 g/mol. The molecule has 1 aliphatic rings. The van der Waals surface area contributed by atoms with Gasteiger partial charge in [0.25, 0.3) is 0 Å². The van der Waals surface area contributed by atoms with Crippen molar-refractivity contribution in [3.05, 3.63) is 48.4 Å². The lowest BCUT2D eigenvalue weighted by atomic mass is 10.1. The maximum Gasteiger partial charge on any atom is 0.573 e. The normalized spacial score (nSPS) is 16.9. The third-order valence-electron chi connectivity index (χ3n) is 4.62. The highest BCUT2D eigenvalue weighted by Gasteiger charge is 2.35. The van der Waals surface area contributed by atoms with Crippen LogP contribution in [0.15, 0.2) is 46.9 Å². The van der Waals surface area contributed by atoms with E-state index in [-0.39, 0.29) is 24.6 Å². The van der Waals surface area contributed by atoms with Crippen molar-refractivity contribution in [2.24, 2.45) is 5.92 Å². The third kappa shape index (κ3) is 4.22. The second-order valence-corrected chi connectivity index (χ2v) is 6.86. The number of hydrogen-bond acceptors (Lipinski definition) is 5. The van der Waals surface area contributed by atoms with Crippen molar-refractivity contribution >= 4 is 34.3 Å². The van der Waals surface area contributed by atoms with Crippen molar-refractivity contribution in [2.75, 3.05) is 16.8 Å². The first kappa shape index (κ1) is 19.7. The van der Waals surface area contributed by atoms with Crippen LogP contribution in [0.5, 0.6) is 5.75 Å². The van der Waals surface area contributed by atoms with Crippen molar-refractivity contribution < 1.29 is 31.9 Å². The Morgan fingerprint density at radius 1 is 1.27 bits per heavy atom. The third-order valence-corrected chi connectivity index (χ3v) is 4.62. The number of fused-ring (bicyclic) bond motifs is 1. The molecule has 7 nitrogen and oxygen atoms in total. The fraction of sp³-hybridized carbons (Fsp3) is 0.250. The van der Waals surface area contributed by atoms with Crippen LogP contribution in [0.25, 0.3) is 11.1 Å². The van der Waals surface area contributed by atoms with E-state index in [1.165, 1.54) is 17.0 Å². The van der Waals surface area contributed by atoms with Gasteiger partial charge in [-0.1, -0.05) is 6.07 Å². The van der Waals surface area contributed by atoms with E-state index in [9.17, 15) is 22.8 Å². The van der Waals surface area contributed by atoms with Gasteiger partial charge in [-0.3, -0.25) is 9.59 Å². The predicted octanol–water partition coefficient (Wildman–Crippen LogP) is 4.03. The number of rotatable bonds is 4. The number of hydrogen-bond donors (Lipinski definition) is 1. The fourth-order valence-electron chi connectivity index (χ4n) is 3.35. The summed E-state index contributed by atoms with van der Waals surface area (Å²) < 4.78 is 46.4. The van der Waals surface area contributed by atoms with Crippen LogP contribution in [-0.2, 0) is 9.59 Å². The Bertz CT molecular complexity index is 1130. The molecule has 10 heteroatoms. The first-order chi connectivity index (χ1) is 14.2. The Morgan fingerprint density at radius 3 is 2.83 bits per heavy atom. The number of amides is 2.